The van der Waals surface area contributed by atoms with Crippen LogP contribution in [-0.4, -0.2) is 11.9 Å². The zero-order valence-corrected chi connectivity index (χ0v) is 8.79. The quantitative estimate of drug-likeness (QED) is 0.569. The van der Waals surface area contributed by atoms with Gasteiger partial charge in [0.05, 0.1) is 11.7 Å². The first kappa shape index (κ1) is 10.6. The number of ether oxygens (including phenoxy) is 1. The van der Waals surface area contributed by atoms with E-state index in [-0.39, 0.29) is 11.9 Å². The largest absolute Gasteiger partial charge is 0.490 e. The summed E-state index contributed by atoms with van der Waals surface area (Å²) in [6, 6.07) is 5.63. The van der Waals surface area contributed by atoms with Gasteiger partial charge in [-0.3, -0.25) is 5.41 Å². The van der Waals surface area contributed by atoms with Crippen molar-refractivity contribution in [3.05, 3.63) is 29.3 Å². The number of hydrogen-bond donors (Lipinski definition) is 2. The first-order chi connectivity index (χ1) is 6.50. The summed E-state index contributed by atoms with van der Waals surface area (Å²) in [5.41, 5.74) is 7.20. The summed E-state index contributed by atoms with van der Waals surface area (Å²) >= 11 is 0. The highest BCUT2D eigenvalue weighted by Gasteiger charge is 2.07. The van der Waals surface area contributed by atoms with Crippen LogP contribution in [0.15, 0.2) is 18.2 Å². The van der Waals surface area contributed by atoms with E-state index in [4.69, 9.17) is 15.9 Å². The van der Waals surface area contributed by atoms with Gasteiger partial charge in [-0.15, -0.1) is 0 Å². The van der Waals surface area contributed by atoms with Crippen LogP contribution in [0.5, 0.6) is 5.75 Å². The fourth-order valence-corrected chi connectivity index (χ4v) is 1.20. The molecule has 0 amide bonds. The molecule has 0 heterocycles. The lowest BCUT2D eigenvalue weighted by Gasteiger charge is -2.14. The molecule has 0 aliphatic carbocycles. The van der Waals surface area contributed by atoms with Gasteiger partial charge in [-0.1, -0.05) is 6.07 Å². The number of benzene rings is 1. The SMILES string of the molecule is Cc1ccc(C(=N)N)c(OC(C)C)c1. The second kappa shape index (κ2) is 4.13. The molecule has 3 N–H and O–H groups in total. The zero-order valence-electron chi connectivity index (χ0n) is 8.79. The van der Waals surface area contributed by atoms with E-state index < -0.39 is 0 Å². The van der Waals surface area contributed by atoms with Gasteiger partial charge in [0.2, 0.25) is 0 Å². The second-order valence-electron chi connectivity index (χ2n) is 3.58. The molecule has 1 aromatic carbocycles. The van der Waals surface area contributed by atoms with Gasteiger partial charge in [0.25, 0.3) is 0 Å². The van der Waals surface area contributed by atoms with E-state index in [0.29, 0.717) is 11.3 Å². The van der Waals surface area contributed by atoms with Gasteiger partial charge in [0, 0.05) is 0 Å². The molecule has 3 nitrogen and oxygen atoms in total. The molecule has 0 spiro atoms. The molecule has 0 bridgehead atoms. The average molecular weight is 192 g/mol. The van der Waals surface area contributed by atoms with Gasteiger partial charge in [-0.05, 0) is 38.5 Å². The van der Waals surface area contributed by atoms with E-state index in [1.807, 2.05) is 39.0 Å². The normalized spacial score (nSPS) is 10.3. The Morgan fingerprint density at radius 3 is 2.57 bits per heavy atom. The van der Waals surface area contributed by atoms with Crippen LogP contribution >= 0.6 is 0 Å². The summed E-state index contributed by atoms with van der Waals surface area (Å²) in [4.78, 5) is 0. The van der Waals surface area contributed by atoms with Gasteiger partial charge in [-0.25, -0.2) is 0 Å². The third kappa shape index (κ3) is 2.49. The van der Waals surface area contributed by atoms with Crippen LogP contribution in [0, 0.1) is 12.3 Å². The van der Waals surface area contributed by atoms with Gasteiger partial charge in [0.1, 0.15) is 11.6 Å². The highest BCUT2D eigenvalue weighted by atomic mass is 16.5. The topological polar surface area (TPSA) is 59.1 Å². The number of hydrogen-bond acceptors (Lipinski definition) is 2. The Morgan fingerprint density at radius 1 is 1.43 bits per heavy atom. The molecule has 0 aliphatic heterocycles. The van der Waals surface area contributed by atoms with E-state index in [0.717, 1.165) is 5.56 Å². The number of nitrogen functional groups attached to an aromatic ring is 1. The molecule has 1 aromatic rings. The number of rotatable bonds is 3. The van der Waals surface area contributed by atoms with Gasteiger partial charge in [0.15, 0.2) is 0 Å². The molecular formula is C11H16N2O. The maximum absolute atomic E-state index is 7.39. The summed E-state index contributed by atoms with van der Waals surface area (Å²) in [7, 11) is 0. The fourth-order valence-electron chi connectivity index (χ4n) is 1.20. The number of nitrogens with one attached hydrogen (secondary N) is 1. The highest BCUT2D eigenvalue weighted by molar-refractivity contribution is 5.97. The zero-order chi connectivity index (χ0) is 10.7. The first-order valence-electron chi connectivity index (χ1n) is 4.62. The minimum Gasteiger partial charge on any atom is -0.490 e. The summed E-state index contributed by atoms with van der Waals surface area (Å²) in [6.45, 7) is 5.88. The molecule has 0 atom stereocenters. The van der Waals surface area contributed by atoms with Crippen LogP contribution in [0.1, 0.15) is 25.0 Å². The van der Waals surface area contributed by atoms with Crippen LogP contribution < -0.4 is 10.5 Å². The molecule has 1 rings (SSSR count). The van der Waals surface area contributed by atoms with Crippen molar-refractivity contribution in [3.63, 3.8) is 0 Å². The summed E-state index contributed by atoms with van der Waals surface area (Å²) in [5, 5.41) is 7.39. The van der Waals surface area contributed by atoms with E-state index >= 15 is 0 Å². The lowest BCUT2D eigenvalue weighted by atomic mass is 10.1. The Hall–Kier alpha value is -1.51. The standard InChI is InChI=1S/C11H16N2O/c1-7(2)14-10-6-8(3)4-5-9(10)11(12)13/h4-7H,1-3H3,(H3,12,13). The second-order valence-corrected chi connectivity index (χ2v) is 3.58. The third-order valence-electron chi connectivity index (χ3n) is 1.79. The predicted octanol–water partition coefficient (Wildman–Crippen LogP) is 2.07. The van der Waals surface area contributed by atoms with E-state index in [9.17, 15) is 0 Å². The fraction of sp³-hybridized carbons (Fsp3) is 0.364. The van der Waals surface area contributed by atoms with Crippen molar-refractivity contribution in [2.75, 3.05) is 0 Å². The summed E-state index contributed by atoms with van der Waals surface area (Å²) in [5.74, 6) is 0.730. The van der Waals surface area contributed by atoms with E-state index in [1.54, 1.807) is 0 Å². The molecule has 0 saturated heterocycles. The van der Waals surface area contributed by atoms with Crippen LogP contribution in [0.25, 0.3) is 0 Å². The van der Waals surface area contributed by atoms with Crippen LogP contribution in [0.3, 0.4) is 0 Å². The maximum Gasteiger partial charge on any atom is 0.130 e. The molecule has 0 aliphatic rings. The smallest absolute Gasteiger partial charge is 0.130 e. The summed E-state index contributed by atoms with van der Waals surface area (Å²) in [6.07, 6.45) is 0.0925. The Kier molecular flexibility index (Phi) is 3.12. The molecule has 0 fully saturated rings. The van der Waals surface area contributed by atoms with Crippen molar-refractivity contribution in [2.45, 2.75) is 26.9 Å². The van der Waals surface area contributed by atoms with Crippen molar-refractivity contribution >= 4 is 5.84 Å². The van der Waals surface area contributed by atoms with Crippen molar-refractivity contribution < 1.29 is 4.74 Å². The van der Waals surface area contributed by atoms with Crippen molar-refractivity contribution in [1.82, 2.24) is 0 Å². The lowest BCUT2D eigenvalue weighted by Crippen LogP contribution is -2.15. The predicted molar refractivity (Wildman–Crippen MR) is 58.0 cm³/mol. The van der Waals surface area contributed by atoms with E-state index in [1.165, 1.54) is 0 Å². The minimum absolute atomic E-state index is 0.0423. The lowest BCUT2D eigenvalue weighted by molar-refractivity contribution is 0.242. The molecule has 3 heteroatoms. The molecule has 0 aromatic heterocycles. The third-order valence-corrected chi connectivity index (χ3v) is 1.79. The molecule has 0 saturated carbocycles. The Morgan fingerprint density at radius 2 is 2.07 bits per heavy atom. The molecule has 0 radical (unpaired) electrons. The van der Waals surface area contributed by atoms with Gasteiger partial charge < -0.3 is 10.5 Å². The Bertz CT molecular complexity index is 345. The van der Waals surface area contributed by atoms with Crippen LogP contribution in [-0.2, 0) is 0 Å². The number of nitrogens with two attached hydrogens (primary N) is 1. The monoisotopic (exact) mass is 192 g/mol. The van der Waals surface area contributed by atoms with Crippen molar-refractivity contribution in [3.8, 4) is 5.75 Å². The average Bonchev–Trinajstić information content (AvgIpc) is 2.01. The molecule has 76 valence electrons. The van der Waals surface area contributed by atoms with Crippen molar-refractivity contribution in [2.24, 2.45) is 5.73 Å². The Balaban J connectivity index is 3.09. The van der Waals surface area contributed by atoms with E-state index in [2.05, 4.69) is 0 Å². The highest BCUT2D eigenvalue weighted by Crippen LogP contribution is 2.20. The van der Waals surface area contributed by atoms with Gasteiger partial charge in [-0.2, -0.15) is 0 Å². The van der Waals surface area contributed by atoms with Crippen molar-refractivity contribution in [1.29, 1.82) is 5.41 Å². The Labute approximate surface area is 84.4 Å². The van der Waals surface area contributed by atoms with Crippen LogP contribution in [0.2, 0.25) is 0 Å². The molecular weight excluding hydrogens is 176 g/mol. The number of aryl methyl sites for hydroxylation is 1. The molecule has 0 unspecified atom stereocenters. The molecule has 14 heavy (non-hydrogen) atoms. The summed E-state index contributed by atoms with van der Waals surface area (Å²) < 4.78 is 5.57. The number of amidine groups is 1. The van der Waals surface area contributed by atoms with Crippen LogP contribution in [0.4, 0.5) is 0 Å². The minimum atomic E-state index is 0.0423. The van der Waals surface area contributed by atoms with Gasteiger partial charge >= 0.3 is 0 Å². The first-order valence-corrected chi connectivity index (χ1v) is 4.62. The maximum atomic E-state index is 7.39.